The summed E-state index contributed by atoms with van der Waals surface area (Å²) >= 11 is 0. The van der Waals surface area contributed by atoms with Crippen LogP contribution in [0.1, 0.15) is 38.1 Å². The second-order valence-electron chi connectivity index (χ2n) is 6.97. The van der Waals surface area contributed by atoms with Crippen molar-refractivity contribution in [3.63, 3.8) is 0 Å². The van der Waals surface area contributed by atoms with Gasteiger partial charge in [0.2, 0.25) is 0 Å². The molecule has 3 rings (SSSR count). The minimum Gasteiger partial charge on any atom is -0.334 e. The van der Waals surface area contributed by atoms with Crippen LogP contribution in [-0.2, 0) is 0 Å². The molecule has 0 bridgehead atoms. The van der Waals surface area contributed by atoms with Crippen LogP contribution in [0, 0.1) is 0 Å². The Bertz CT molecular complexity index is 882. The highest BCUT2D eigenvalue weighted by Gasteiger charge is 2.24. The van der Waals surface area contributed by atoms with Crippen molar-refractivity contribution in [3.05, 3.63) is 72.3 Å². The maximum Gasteiger partial charge on any atom is 0.254 e. The van der Waals surface area contributed by atoms with Crippen molar-refractivity contribution in [1.82, 2.24) is 4.90 Å². The normalized spacial score (nSPS) is 11.3. The van der Waals surface area contributed by atoms with Crippen LogP contribution in [-0.4, -0.2) is 22.9 Å². The predicted molar refractivity (Wildman–Crippen MR) is 106 cm³/mol. The minimum absolute atomic E-state index is 0.0912. The lowest BCUT2D eigenvalue weighted by Gasteiger charge is -2.31. The summed E-state index contributed by atoms with van der Waals surface area (Å²) in [7, 11) is 0. The summed E-state index contributed by atoms with van der Waals surface area (Å²) < 4.78 is 0. The molecule has 0 radical (unpaired) electrons. The van der Waals surface area contributed by atoms with Gasteiger partial charge in [-0.05, 0) is 55.7 Å². The molecule has 0 heterocycles. The Kier molecular flexibility index (Phi) is 4.89. The number of carbonyl (C=O) groups is 1. The summed E-state index contributed by atoms with van der Waals surface area (Å²) in [6.45, 7) is 8.27. The smallest absolute Gasteiger partial charge is 0.254 e. The van der Waals surface area contributed by atoms with Crippen LogP contribution in [0.25, 0.3) is 21.9 Å². The molecule has 0 atom stereocenters. The highest BCUT2D eigenvalue weighted by molar-refractivity contribution is 6.06. The number of nitrogens with zero attached hydrogens (tertiary/aromatic N) is 1. The second-order valence-corrected chi connectivity index (χ2v) is 6.97. The fourth-order valence-corrected chi connectivity index (χ4v) is 3.57. The fourth-order valence-electron chi connectivity index (χ4n) is 3.57. The van der Waals surface area contributed by atoms with Gasteiger partial charge in [-0.15, -0.1) is 0 Å². The molecule has 3 aromatic rings. The molecule has 0 aromatic heterocycles. The Morgan fingerprint density at radius 2 is 1.28 bits per heavy atom. The quantitative estimate of drug-likeness (QED) is 0.594. The lowest BCUT2D eigenvalue weighted by Crippen LogP contribution is -2.42. The third-order valence-electron chi connectivity index (χ3n) is 4.58. The fraction of sp³-hybridized carbons (Fsp3) is 0.261. The van der Waals surface area contributed by atoms with E-state index in [2.05, 4.69) is 58.0 Å². The first-order valence-electron chi connectivity index (χ1n) is 8.90. The zero-order valence-corrected chi connectivity index (χ0v) is 15.4. The van der Waals surface area contributed by atoms with Gasteiger partial charge >= 0.3 is 0 Å². The van der Waals surface area contributed by atoms with E-state index in [0.29, 0.717) is 0 Å². The topological polar surface area (TPSA) is 20.3 Å². The zero-order chi connectivity index (χ0) is 18.0. The first-order valence-corrected chi connectivity index (χ1v) is 8.90. The molecule has 0 aliphatic heterocycles. The first kappa shape index (κ1) is 17.2. The molecular formula is C23H25NO. The van der Waals surface area contributed by atoms with Gasteiger partial charge in [0.1, 0.15) is 0 Å². The van der Waals surface area contributed by atoms with Crippen molar-refractivity contribution in [2.24, 2.45) is 0 Å². The number of amides is 1. The number of fused-ring (bicyclic) bond motifs is 1. The third kappa shape index (κ3) is 3.30. The SMILES string of the molecule is CC(C)N(C(=O)c1ccccc1-c1cccc2ccccc12)C(C)C. The van der Waals surface area contributed by atoms with E-state index < -0.39 is 0 Å². The Morgan fingerprint density at radius 3 is 2.00 bits per heavy atom. The van der Waals surface area contributed by atoms with E-state index in [1.165, 1.54) is 10.8 Å². The van der Waals surface area contributed by atoms with Crippen LogP contribution in [0.15, 0.2) is 66.7 Å². The molecule has 0 aliphatic rings. The van der Waals surface area contributed by atoms with Gasteiger partial charge in [-0.1, -0.05) is 60.7 Å². The molecule has 2 nitrogen and oxygen atoms in total. The van der Waals surface area contributed by atoms with Crippen LogP contribution >= 0.6 is 0 Å². The third-order valence-corrected chi connectivity index (χ3v) is 4.58. The van der Waals surface area contributed by atoms with Gasteiger partial charge in [0.15, 0.2) is 0 Å². The van der Waals surface area contributed by atoms with Crippen molar-refractivity contribution < 1.29 is 4.79 Å². The monoisotopic (exact) mass is 331 g/mol. The molecule has 0 N–H and O–H groups in total. The summed E-state index contributed by atoms with van der Waals surface area (Å²) in [5.74, 6) is 0.0912. The molecule has 0 spiro atoms. The highest BCUT2D eigenvalue weighted by Crippen LogP contribution is 2.32. The number of carbonyl (C=O) groups excluding carboxylic acids is 1. The molecule has 25 heavy (non-hydrogen) atoms. The number of hydrogen-bond acceptors (Lipinski definition) is 1. The Hall–Kier alpha value is -2.61. The maximum atomic E-state index is 13.3. The maximum absolute atomic E-state index is 13.3. The molecule has 0 saturated heterocycles. The van der Waals surface area contributed by atoms with Crippen molar-refractivity contribution in [1.29, 1.82) is 0 Å². The molecule has 0 aliphatic carbocycles. The highest BCUT2D eigenvalue weighted by atomic mass is 16.2. The predicted octanol–water partition coefficient (Wildman–Crippen LogP) is 5.77. The van der Waals surface area contributed by atoms with Crippen LogP contribution in [0.2, 0.25) is 0 Å². The number of hydrogen-bond donors (Lipinski definition) is 0. The summed E-state index contributed by atoms with van der Waals surface area (Å²) in [5.41, 5.74) is 2.87. The summed E-state index contributed by atoms with van der Waals surface area (Å²) in [5, 5.41) is 2.36. The average molecular weight is 331 g/mol. The van der Waals surface area contributed by atoms with E-state index in [4.69, 9.17) is 0 Å². The van der Waals surface area contributed by atoms with E-state index in [9.17, 15) is 4.79 Å². The van der Waals surface area contributed by atoms with E-state index in [0.717, 1.165) is 16.7 Å². The molecule has 0 unspecified atom stereocenters. The van der Waals surface area contributed by atoms with Crippen LogP contribution in [0.4, 0.5) is 0 Å². The van der Waals surface area contributed by atoms with E-state index >= 15 is 0 Å². The van der Waals surface area contributed by atoms with Crippen molar-refractivity contribution in [2.75, 3.05) is 0 Å². The van der Waals surface area contributed by atoms with Crippen molar-refractivity contribution in [2.45, 2.75) is 39.8 Å². The van der Waals surface area contributed by atoms with Gasteiger partial charge in [0.05, 0.1) is 0 Å². The summed E-state index contributed by atoms with van der Waals surface area (Å²) in [6, 6.07) is 22.8. The van der Waals surface area contributed by atoms with Gasteiger partial charge in [-0.2, -0.15) is 0 Å². The number of benzene rings is 3. The van der Waals surface area contributed by atoms with Gasteiger partial charge in [0.25, 0.3) is 5.91 Å². The second kappa shape index (κ2) is 7.10. The van der Waals surface area contributed by atoms with Gasteiger partial charge in [0, 0.05) is 17.6 Å². The van der Waals surface area contributed by atoms with E-state index in [1.807, 2.05) is 41.3 Å². The molecule has 0 saturated carbocycles. The Morgan fingerprint density at radius 1 is 0.720 bits per heavy atom. The molecule has 1 amide bonds. The van der Waals surface area contributed by atoms with Gasteiger partial charge in [-0.3, -0.25) is 4.79 Å². The lowest BCUT2D eigenvalue weighted by atomic mass is 9.93. The molecule has 3 aromatic carbocycles. The van der Waals surface area contributed by atoms with Gasteiger partial charge in [-0.25, -0.2) is 0 Å². The molecule has 0 fully saturated rings. The minimum atomic E-state index is 0.0912. The van der Waals surface area contributed by atoms with E-state index in [-0.39, 0.29) is 18.0 Å². The first-order chi connectivity index (χ1) is 12.0. The van der Waals surface area contributed by atoms with E-state index in [1.54, 1.807) is 0 Å². The molecule has 128 valence electrons. The largest absolute Gasteiger partial charge is 0.334 e. The van der Waals surface area contributed by atoms with Crippen LogP contribution in [0.5, 0.6) is 0 Å². The standard InChI is InChI=1S/C23H25NO/c1-16(2)24(17(3)4)23(25)22-14-8-7-13-21(22)20-15-9-11-18-10-5-6-12-19(18)20/h5-17H,1-4H3. The molecular weight excluding hydrogens is 306 g/mol. The summed E-state index contributed by atoms with van der Waals surface area (Å²) in [4.78, 5) is 15.2. The zero-order valence-electron chi connectivity index (χ0n) is 15.4. The van der Waals surface area contributed by atoms with Crippen LogP contribution < -0.4 is 0 Å². The average Bonchev–Trinajstić information content (AvgIpc) is 2.60. The van der Waals surface area contributed by atoms with Crippen molar-refractivity contribution in [3.8, 4) is 11.1 Å². The number of rotatable bonds is 4. The van der Waals surface area contributed by atoms with Crippen LogP contribution in [0.3, 0.4) is 0 Å². The molecule has 2 heteroatoms. The van der Waals surface area contributed by atoms with Gasteiger partial charge < -0.3 is 4.90 Å². The van der Waals surface area contributed by atoms with Crippen molar-refractivity contribution >= 4 is 16.7 Å². The lowest BCUT2D eigenvalue weighted by molar-refractivity contribution is 0.0644. The Labute approximate surface area is 150 Å². The Balaban J connectivity index is 2.18. The summed E-state index contributed by atoms with van der Waals surface area (Å²) in [6.07, 6.45) is 0.